The Morgan fingerprint density at radius 3 is 2.31 bits per heavy atom. The Bertz CT molecular complexity index is 923. The van der Waals surface area contributed by atoms with Gasteiger partial charge in [-0.05, 0) is 42.0 Å². The van der Waals surface area contributed by atoms with Crippen LogP contribution in [0, 0.1) is 0 Å². The summed E-state index contributed by atoms with van der Waals surface area (Å²) in [7, 11) is 0. The molecule has 0 aromatic heterocycles. The standard InChI is InChI=1S/C21H20ClNO6/c22-15-5-1-14(2-6-15)19(26)17-18(13-3-7-16(25)8-4-13)23(21(28)20(17)27)9-11-29-12-10-24/h1-8,18,24-26H,9-12H2/b19-17+. The van der Waals surface area contributed by atoms with E-state index in [1.807, 2.05) is 0 Å². The number of aliphatic hydroxyl groups excluding tert-OH is 2. The van der Waals surface area contributed by atoms with Crippen molar-refractivity contribution in [1.82, 2.24) is 4.90 Å². The lowest BCUT2D eigenvalue weighted by atomic mass is 9.95. The van der Waals surface area contributed by atoms with Crippen LogP contribution < -0.4 is 0 Å². The van der Waals surface area contributed by atoms with Gasteiger partial charge in [0.1, 0.15) is 11.5 Å². The molecular formula is C21H20ClNO6. The summed E-state index contributed by atoms with van der Waals surface area (Å²) in [6.45, 7) is 0.159. The van der Waals surface area contributed by atoms with E-state index in [1.54, 1.807) is 36.4 Å². The van der Waals surface area contributed by atoms with Crippen molar-refractivity contribution in [2.75, 3.05) is 26.4 Å². The van der Waals surface area contributed by atoms with Crippen molar-refractivity contribution >= 4 is 29.1 Å². The number of phenols is 1. The van der Waals surface area contributed by atoms with Gasteiger partial charge < -0.3 is 25.0 Å². The van der Waals surface area contributed by atoms with Crippen LogP contribution in [-0.4, -0.2) is 58.3 Å². The molecule has 1 unspecified atom stereocenters. The minimum atomic E-state index is -0.844. The summed E-state index contributed by atoms with van der Waals surface area (Å²) in [6, 6.07) is 11.5. The van der Waals surface area contributed by atoms with Crippen LogP contribution in [0.25, 0.3) is 5.76 Å². The molecule has 1 aliphatic rings. The quantitative estimate of drug-likeness (QED) is 0.276. The molecular weight excluding hydrogens is 398 g/mol. The zero-order chi connectivity index (χ0) is 21.0. The molecule has 1 saturated heterocycles. The third-order valence-electron chi connectivity index (χ3n) is 4.58. The molecule has 29 heavy (non-hydrogen) atoms. The SMILES string of the molecule is O=C1C(=O)N(CCOCCO)C(c2ccc(O)cc2)/C1=C(\O)c1ccc(Cl)cc1. The molecule has 7 nitrogen and oxygen atoms in total. The number of benzene rings is 2. The average Bonchev–Trinajstić information content (AvgIpc) is 2.96. The molecule has 3 rings (SSSR count). The molecule has 0 radical (unpaired) electrons. The largest absolute Gasteiger partial charge is 0.508 e. The Hall–Kier alpha value is -2.87. The first kappa shape index (κ1) is 20.9. The molecule has 0 spiro atoms. The van der Waals surface area contributed by atoms with Gasteiger partial charge in [0.15, 0.2) is 0 Å². The van der Waals surface area contributed by atoms with Crippen LogP contribution in [0.15, 0.2) is 54.1 Å². The van der Waals surface area contributed by atoms with Gasteiger partial charge in [0, 0.05) is 17.1 Å². The number of amides is 1. The van der Waals surface area contributed by atoms with Crippen LogP contribution >= 0.6 is 11.6 Å². The monoisotopic (exact) mass is 417 g/mol. The van der Waals surface area contributed by atoms with Crippen molar-refractivity contribution in [3.8, 4) is 5.75 Å². The van der Waals surface area contributed by atoms with Gasteiger partial charge in [-0.15, -0.1) is 0 Å². The third kappa shape index (κ3) is 4.42. The van der Waals surface area contributed by atoms with Crippen LogP contribution in [0.1, 0.15) is 17.2 Å². The fraction of sp³-hybridized carbons (Fsp3) is 0.238. The number of phenolic OH excluding ortho intramolecular Hbond substituents is 1. The van der Waals surface area contributed by atoms with Crippen molar-refractivity contribution in [2.24, 2.45) is 0 Å². The molecule has 3 N–H and O–H groups in total. The van der Waals surface area contributed by atoms with Crippen molar-refractivity contribution in [3.63, 3.8) is 0 Å². The number of hydrogen-bond donors (Lipinski definition) is 3. The van der Waals surface area contributed by atoms with Gasteiger partial charge in [-0.25, -0.2) is 0 Å². The number of halogens is 1. The molecule has 1 fully saturated rings. The molecule has 1 heterocycles. The number of aliphatic hydroxyl groups is 2. The Balaban J connectivity index is 2.05. The number of ether oxygens (including phenoxy) is 1. The van der Waals surface area contributed by atoms with Crippen molar-refractivity contribution < 1.29 is 29.6 Å². The molecule has 2 aromatic carbocycles. The summed E-state index contributed by atoms with van der Waals surface area (Å²) in [4.78, 5) is 26.8. The summed E-state index contributed by atoms with van der Waals surface area (Å²) >= 11 is 5.89. The lowest BCUT2D eigenvalue weighted by Gasteiger charge is -2.25. The fourth-order valence-electron chi connectivity index (χ4n) is 3.21. The van der Waals surface area contributed by atoms with Gasteiger partial charge in [-0.2, -0.15) is 0 Å². The Morgan fingerprint density at radius 1 is 1.03 bits per heavy atom. The summed E-state index contributed by atoms with van der Waals surface area (Å²) in [5.41, 5.74) is 0.859. The molecule has 1 atom stereocenters. The van der Waals surface area contributed by atoms with E-state index >= 15 is 0 Å². The van der Waals surface area contributed by atoms with E-state index in [1.165, 1.54) is 17.0 Å². The van der Waals surface area contributed by atoms with Crippen LogP contribution in [0.5, 0.6) is 5.75 Å². The lowest BCUT2D eigenvalue weighted by molar-refractivity contribution is -0.140. The zero-order valence-electron chi connectivity index (χ0n) is 15.4. The Morgan fingerprint density at radius 2 is 1.69 bits per heavy atom. The zero-order valence-corrected chi connectivity index (χ0v) is 16.2. The Labute approximate surface area is 172 Å². The van der Waals surface area contributed by atoms with E-state index in [9.17, 15) is 19.8 Å². The van der Waals surface area contributed by atoms with E-state index in [0.29, 0.717) is 16.1 Å². The summed E-state index contributed by atoms with van der Waals surface area (Å²) < 4.78 is 5.24. The number of ketones is 1. The number of carbonyl (C=O) groups excluding carboxylic acids is 2. The van der Waals surface area contributed by atoms with Crippen molar-refractivity contribution in [3.05, 3.63) is 70.3 Å². The predicted octanol–water partition coefficient (Wildman–Crippen LogP) is 2.48. The molecule has 152 valence electrons. The second-order valence-corrected chi connectivity index (χ2v) is 6.86. The first-order valence-corrected chi connectivity index (χ1v) is 9.33. The van der Waals surface area contributed by atoms with E-state index in [-0.39, 0.29) is 43.4 Å². The number of likely N-dealkylation sites (tertiary alicyclic amines) is 1. The summed E-state index contributed by atoms with van der Waals surface area (Å²) in [5.74, 6) is -1.84. The molecule has 1 aliphatic heterocycles. The van der Waals surface area contributed by atoms with Gasteiger partial charge in [0.05, 0.1) is 31.4 Å². The average molecular weight is 418 g/mol. The second kappa shape index (κ2) is 9.09. The van der Waals surface area contributed by atoms with E-state index in [0.717, 1.165) is 0 Å². The van der Waals surface area contributed by atoms with E-state index in [2.05, 4.69) is 0 Å². The van der Waals surface area contributed by atoms with Crippen molar-refractivity contribution in [1.29, 1.82) is 0 Å². The van der Waals surface area contributed by atoms with Crippen LogP contribution in [0.2, 0.25) is 5.02 Å². The summed E-state index contributed by atoms with van der Waals surface area (Å²) in [5, 5.41) is 29.7. The highest BCUT2D eigenvalue weighted by molar-refractivity contribution is 6.46. The van der Waals surface area contributed by atoms with Crippen LogP contribution in [0.4, 0.5) is 0 Å². The molecule has 0 saturated carbocycles. The first-order chi connectivity index (χ1) is 13.9. The maximum Gasteiger partial charge on any atom is 0.295 e. The third-order valence-corrected chi connectivity index (χ3v) is 4.83. The fourth-order valence-corrected chi connectivity index (χ4v) is 3.33. The molecule has 0 bridgehead atoms. The van der Waals surface area contributed by atoms with Crippen LogP contribution in [-0.2, 0) is 14.3 Å². The normalized spacial score (nSPS) is 18.4. The number of aromatic hydroxyl groups is 1. The Kier molecular flexibility index (Phi) is 6.53. The number of hydrogen-bond acceptors (Lipinski definition) is 6. The molecule has 1 amide bonds. The van der Waals surface area contributed by atoms with Gasteiger partial charge in [0.2, 0.25) is 0 Å². The molecule has 2 aromatic rings. The summed E-state index contributed by atoms with van der Waals surface area (Å²) in [6.07, 6.45) is 0. The number of Topliss-reactive ketones (excluding diaryl/α,β-unsaturated/α-hetero) is 1. The second-order valence-electron chi connectivity index (χ2n) is 6.43. The first-order valence-electron chi connectivity index (χ1n) is 8.96. The van der Waals surface area contributed by atoms with Gasteiger partial charge in [0.25, 0.3) is 11.7 Å². The topological polar surface area (TPSA) is 107 Å². The molecule has 0 aliphatic carbocycles. The van der Waals surface area contributed by atoms with Gasteiger partial charge >= 0.3 is 0 Å². The van der Waals surface area contributed by atoms with Gasteiger partial charge in [-0.3, -0.25) is 9.59 Å². The predicted molar refractivity (Wildman–Crippen MR) is 106 cm³/mol. The molecule has 8 heteroatoms. The minimum absolute atomic E-state index is 0.0367. The van der Waals surface area contributed by atoms with Gasteiger partial charge in [-0.1, -0.05) is 23.7 Å². The highest BCUT2D eigenvalue weighted by atomic mass is 35.5. The number of carbonyl (C=O) groups is 2. The minimum Gasteiger partial charge on any atom is -0.508 e. The smallest absolute Gasteiger partial charge is 0.295 e. The maximum absolute atomic E-state index is 12.8. The number of rotatable bonds is 7. The number of nitrogens with zero attached hydrogens (tertiary/aromatic N) is 1. The van der Waals surface area contributed by atoms with Crippen LogP contribution in [0.3, 0.4) is 0 Å². The van der Waals surface area contributed by atoms with E-state index in [4.69, 9.17) is 21.4 Å². The highest BCUT2D eigenvalue weighted by Gasteiger charge is 2.45. The maximum atomic E-state index is 12.8. The lowest BCUT2D eigenvalue weighted by Crippen LogP contribution is -2.33. The van der Waals surface area contributed by atoms with E-state index < -0.39 is 17.7 Å². The van der Waals surface area contributed by atoms with Crippen molar-refractivity contribution in [2.45, 2.75) is 6.04 Å². The highest BCUT2D eigenvalue weighted by Crippen LogP contribution is 2.39.